The summed E-state index contributed by atoms with van der Waals surface area (Å²) in [4.78, 5) is 8.85. The Labute approximate surface area is 109 Å². The third kappa shape index (κ3) is 2.10. The molecular formula is C14H11N3S. The minimum atomic E-state index is 0.491. The van der Waals surface area contributed by atoms with Crippen molar-refractivity contribution in [3.8, 4) is 22.6 Å². The second-order valence-corrected chi connectivity index (χ2v) is 4.66. The van der Waals surface area contributed by atoms with Gasteiger partial charge in [0.1, 0.15) is 5.82 Å². The topological polar surface area (TPSA) is 51.8 Å². The van der Waals surface area contributed by atoms with Crippen LogP contribution in [-0.4, -0.2) is 9.97 Å². The molecule has 0 unspecified atom stereocenters. The lowest BCUT2D eigenvalue weighted by Gasteiger charge is -2.04. The number of nitrogen functional groups attached to an aromatic ring is 1. The molecule has 2 aromatic heterocycles. The lowest BCUT2D eigenvalue weighted by molar-refractivity contribution is 1.19. The Morgan fingerprint density at radius 2 is 1.78 bits per heavy atom. The zero-order valence-corrected chi connectivity index (χ0v) is 10.4. The maximum atomic E-state index is 5.86. The molecule has 3 aromatic rings. The van der Waals surface area contributed by atoms with Crippen molar-refractivity contribution >= 4 is 17.2 Å². The fourth-order valence-electron chi connectivity index (χ4n) is 1.74. The largest absolute Gasteiger partial charge is 0.384 e. The average Bonchev–Trinajstić information content (AvgIpc) is 2.93. The van der Waals surface area contributed by atoms with Crippen molar-refractivity contribution in [3.63, 3.8) is 0 Å². The molecule has 2 heterocycles. The highest BCUT2D eigenvalue weighted by molar-refractivity contribution is 7.08. The van der Waals surface area contributed by atoms with E-state index in [-0.39, 0.29) is 0 Å². The SMILES string of the molecule is Nc1cc(-c2ccsc2)nc(-c2ccccc2)n1. The lowest BCUT2D eigenvalue weighted by Crippen LogP contribution is -1.97. The van der Waals surface area contributed by atoms with Gasteiger partial charge in [-0.3, -0.25) is 0 Å². The summed E-state index contributed by atoms with van der Waals surface area (Å²) in [6, 6.07) is 13.7. The fourth-order valence-corrected chi connectivity index (χ4v) is 2.39. The van der Waals surface area contributed by atoms with Crippen LogP contribution in [0.2, 0.25) is 0 Å². The zero-order chi connectivity index (χ0) is 12.4. The molecule has 0 aliphatic carbocycles. The van der Waals surface area contributed by atoms with E-state index in [2.05, 4.69) is 15.3 Å². The Kier molecular flexibility index (Phi) is 2.78. The van der Waals surface area contributed by atoms with Crippen molar-refractivity contribution in [1.29, 1.82) is 0 Å². The first kappa shape index (κ1) is 10.9. The van der Waals surface area contributed by atoms with Crippen LogP contribution in [-0.2, 0) is 0 Å². The molecule has 0 bridgehead atoms. The van der Waals surface area contributed by atoms with Gasteiger partial charge in [0, 0.05) is 22.6 Å². The van der Waals surface area contributed by atoms with Gasteiger partial charge in [0.2, 0.25) is 0 Å². The highest BCUT2D eigenvalue weighted by Crippen LogP contribution is 2.24. The van der Waals surface area contributed by atoms with Crippen LogP contribution in [0.25, 0.3) is 22.6 Å². The van der Waals surface area contributed by atoms with Crippen LogP contribution in [0.1, 0.15) is 0 Å². The van der Waals surface area contributed by atoms with Gasteiger partial charge in [-0.15, -0.1) is 0 Å². The molecule has 0 aliphatic heterocycles. The summed E-state index contributed by atoms with van der Waals surface area (Å²) in [7, 11) is 0. The molecule has 0 amide bonds. The van der Waals surface area contributed by atoms with Crippen LogP contribution in [0.15, 0.2) is 53.2 Å². The molecule has 0 saturated carbocycles. The lowest BCUT2D eigenvalue weighted by atomic mass is 10.2. The summed E-state index contributed by atoms with van der Waals surface area (Å²) in [6.45, 7) is 0. The van der Waals surface area contributed by atoms with Crippen LogP contribution in [0.4, 0.5) is 5.82 Å². The number of nitrogens with zero attached hydrogens (tertiary/aromatic N) is 2. The minimum absolute atomic E-state index is 0.491. The number of anilines is 1. The Morgan fingerprint density at radius 3 is 2.50 bits per heavy atom. The number of aromatic nitrogens is 2. The van der Waals surface area contributed by atoms with Crippen LogP contribution in [0.3, 0.4) is 0 Å². The van der Waals surface area contributed by atoms with Crippen LogP contribution < -0.4 is 5.73 Å². The van der Waals surface area contributed by atoms with Crippen molar-refractivity contribution in [2.75, 3.05) is 5.73 Å². The van der Waals surface area contributed by atoms with Gasteiger partial charge in [0.15, 0.2) is 5.82 Å². The molecule has 1 aromatic carbocycles. The maximum absolute atomic E-state index is 5.86. The molecule has 4 heteroatoms. The summed E-state index contributed by atoms with van der Waals surface area (Å²) in [5.74, 6) is 1.15. The van der Waals surface area contributed by atoms with Crippen molar-refractivity contribution in [2.45, 2.75) is 0 Å². The quantitative estimate of drug-likeness (QED) is 0.761. The summed E-state index contributed by atoms with van der Waals surface area (Å²) >= 11 is 1.64. The molecule has 0 spiro atoms. The second kappa shape index (κ2) is 4.58. The second-order valence-electron chi connectivity index (χ2n) is 3.88. The van der Waals surface area contributed by atoms with Gasteiger partial charge in [0.25, 0.3) is 0 Å². The van der Waals surface area contributed by atoms with E-state index in [1.54, 1.807) is 17.4 Å². The molecule has 3 nitrogen and oxygen atoms in total. The van der Waals surface area contributed by atoms with E-state index in [0.29, 0.717) is 11.6 Å². The van der Waals surface area contributed by atoms with Crippen molar-refractivity contribution in [1.82, 2.24) is 9.97 Å². The van der Waals surface area contributed by atoms with Crippen LogP contribution in [0.5, 0.6) is 0 Å². The molecule has 2 N–H and O–H groups in total. The van der Waals surface area contributed by atoms with Crippen molar-refractivity contribution < 1.29 is 0 Å². The predicted molar refractivity (Wildman–Crippen MR) is 75.2 cm³/mol. The monoisotopic (exact) mass is 253 g/mol. The number of benzene rings is 1. The highest BCUT2D eigenvalue weighted by atomic mass is 32.1. The molecule has 0 atom stereocenters. The van der Waals surface area contributed by atoms with Gasteiger partial charge in [-0.05, 0) is 11.4 Å². The Balaban J connectivity index is 2.12. The van der Waals surface area contributed by atoms with E-state index in [0.717, 1.165) is 16.8 Å². The maximum Gasteiger partial charge on any atom is 0.162 e. The van der Waals surface area contributed by atoms with E-state index in [9.17, 15) is 0 Å². The van der Waals surface area contributed by atoms with Gasteiger partial charge >= 0.3 is 0 Å². The highest BCUT2D eigenvalue weighted by Gasteiger charge is 2.06. The zero-order valence-electron chi connectivity index (χ0n) is 9.58. The molecular weight excluding hydrogens is 242 g/mol. The molecule has 0 radical (unpaired) electrons. The van der Waals surface area contributed by atoms with Gasteiger partial charge in [-0.2, -0.15) is 11.3 Å². The van der Waals surface area contributed by atoms with E-state index >= 15 is 0 Å². The summed E-state index contributed by atoms with van der Waals surface area (Å²) < 4.78 is 0. The third-order valence-electron chi connectivity index (χ3n) is 2.59. The Hall–Kier alpha value is -2.20. The van der Waals surface area contributed by atoms with E-state index in [1.807, 2.05) is 41.8 Å². The van der Waals surface area contributed by atoms with Crippen molar-refractivity contribution in [3.05, 3.63) is 53.2 Å². The van der Waals surface area contributed by atoms with Gasteiger partial charge in [0.05, 0.1) is 5.69 Å². The van der Waals surface area contributed by atoms with E-state index < -0.39 is 0 Å². The number of thiophene rings is 1. The predicted octanol–water partition coefficient (Wildman–Crippen LogP) is 3.45. The molecule has 0 fully saturated rings. The Bertz CT molecular complexity index is 648. The standard InChI is InChI=1S/C14H11N3S/c15-13-8-12(11-6-7-18-9-11)16-14(17-13)10-4-2-1-3-5-10/h1-9H,(H2,15,16,17). The molecule has 3 rings (SSSR count). The van der Waals surface area contributed by atoms with E-state index in [4.69, 9.17) is 5.73 Å². The molecule has 18 heavy (non-hydrogen) atoms. The van der Waals surface area contributed by atoms with Gasteiger partial charge in [-0.25, -0.2) is 9.97 Å². The third-order valence-corrected chi connectivity index (χ3v) is 3.28. The average molecular weight is 253 g/mol. The number of hydrogen-bond acceptors (Lipinski definition) is 4. The smallest absolute Gasteiger partial charge is 0.162 e. The van der Waals surface area contributed by atoms with Crippen LogP contribution in [0, 0.1) is 0 Å². The first-order valence-corrected chi connectivity index (χ1v) is 6.50. The first-order valence-electron chi connectivity index (χ1n) is 5.55. The summed E-state index contributed by atoms with van der Waals surface area (Å²) in [5.41, 5.74) is 8.77. The number of nitrogens with two attached hydrogens (primary N) is 1. The minimum Gasteiger partial charge on any atom is -0.384 e. The van der Waals surface area contributed by atoms with Gasteiger partial charge in [-0.1, -0.05) is 30.3 Å². The number of hydrogen-bond donors (Lipinski definition) is 1. The first-order chi connectivity index (χ1) is 8.83. The Morgan fingerprint density at radius 1 is 0.944 bits per heavy atom. The van der Waals surface area contributed by atoms with Gasteiger partial charge < -0.3 is 5.73 Å². The summed E-state index contributed by atoms with van der Waals surface area (Å²) in [6.07, 6.45) is 0. The van der Waals surface area contributed by atoms with Crippen LogP contribution >= 0.6 is 11.3 Å². The normalized spacial score (nSPS) is 10.4. The molecule has 88 valence electrons. The number of rotatable bonds is 2. The molecule has 0 saturated heterocycles. The van der Waals surface area contributed by atoms with Crippen molar-refractivity contribution in [2.24, 2.45) is 0 Å². The summed E-state index contributed by atoms with van der Waals surface area (Å²) in [5, 5.41) is 4.08. The fraction of sp³-hybridized carbons (Fsp3) is 0. The molecule has 0 aliphatic rings. The van der Waals surface area contributed by atoms with E-state index in [1.165, 1.54) is 0 Å².